The van der Waals surface area contributed by atoms with Crippen LogP contribution in [-0.2, 0) is 14.4 Å². The van der Waals surface area contributed by atoms with Crippen LogP contribution in [0, 0.1) is 35.4 Å². The highest BCUT2D eigenvalue weighted by Gasteiger charge is 2.69. The van der Waals surface area contributed by atoms with Crippen molar-refractivity contribution in [2.24, 2.45) is 29.6 Å². The standard InChI is InChI=1S/C21H17FN2O5S2/c22-8-3-1-7(2-4-8)12-13-9-5-10(16(13)30-18-17(12)31-21(29)23-18)15-14(9)19(27)24(20(15)28)6-11(25)26/h1-4,9-10,12-16H,5-6H2,(H,23,29)(H,25,26)/t9-,10-,12-,13-,14+,15-,16+/m1/s1. The van der Waals surface area contributed by atoms with Gasteiger partial charge in [-0.1, -0.05) is 23.5 Å². The average molecular weight is 461 g/mol. The molecule has 2 amide bonds. The smallest absolute Gasteiger partial charge is 0.323 e. The number of carboxylic acid groups (broad SMARTS) is 1. The lowest BCUT2D eigenvalue weighted by Gasteiger charge is -2.43. The Kier molecular flexibility index (Phi) is 4.05. The minimum atomic E-state index is -1.20. The highest BCUT2D eigenvalue weighted by atomic mass is 32.2. The summed E-state index contributed by atoms with van der Waals surface area (Å²) in [6.45, 7) is -0.603. The largest absolute Gasteiger partial charge is 0.480 e. The van der Waals surface area contributed by atoms with Crippen LogP contribution in [0.4, 0.5) is 4.39 Å². The Balaban J connectivity index is 1.45. The number of carboxylic acids is 1. The topological polar surface area (TPSA) is 108 Å². The Morgan fingerprint density at radius 2 is 1.81 bits per heavy atom. The van der Waals surface area contributed by atoms with E-state index in [1.165, 1.54) is 12.1 Å². The molecule has 1 aromatic carbocycles. The number of amides is 2. The van der Waals surface area contributed by atoms with E-state index < -0.39 is 24.3 Å². The van der Waals surface area contributed by atoms with Crippen LogP contribution in [-0.4, -0.2) is 44.6 Å². The molecule has 3 fully saturated rings. The van der Waals surface area contributed by atoms with Gasteiger partial charge >= 0.3 is 10.8 Å². The number of imide groups is 1. The summed E-state index contributed by atoms with van der Waals surface area (Å²) in [6.07, 6.45) is 0.729. The van der Waals surface area contributed by atoms with Crippen LogP contribution in [0.15, 0.2) is 34.1 Å². The van der Waals surface area contributed by atoms with Gasteiger partial charge in [0.05, 0.1) is 16.9 Å². The second-order valence-corrected chi connectivity index (χ2v) is 10.9. The number of aromatic amines is 1. The van der Waals surface area contributed by atoms with Crippen LogP contribution in [0.2, 0.25) is 0 Å². The van der Waals surface area contributed by atoms with Crippen molar-refractivity contribution >= 4 is 40.9 Å². The molecule has 2 saturated carbocycles. The molecule has 2 N–H and O–H groups in total. The fourth-order valence-corrected chi connectivity index (χ4v) is 9.30. The Bertz CT molecular complexity index is 1190. The van der Waals surface area contributed by atoms with Gasteiger partial charge in [0.15, 0.2) is 0 Å². The quantitative estimate of drug-likeness (QED) is 0.680. The van der Waals surface area contributed by atoms with Crippen molar-refractivity contribution in [3.05, 3.63) is 50.2 Å². The molecule has 2 bridgehead atoms. The number of nitrogens with zero attached hydrogens (tertiary/aromatic N) is 1. The summed E-state index contributed by atoms with van der Waals surface area (Å²) >= 11 is 2.71. The lowest BCUT2D eigenvalue weighted by Crippen LogP contribution is -2.42. The Morgan fingerprint density at radius 3 is 2.48 bits per heavy atom. The van der Waals surface area contributed by atoms with E-state index in [-0.39, 0.29) is 51.4 Å². The minimum absolute atomic E-state index is 0.0159. The zero-order valence-corrected chi connectivity index (χ0v) is 17.6. The molecule has 3 heterocycles. The second-order valence-electron chi connectivity index (χ2n) is 8.67. The van der Waals surface area contributed by atoms with E-state index in [1.54, 1.807) is 23.9 Å². The number of fused-ring (bicyclic) bond motifs is 9. The maximum Gasteiger partial charge on any atom is 0.323 e. The number of aliphatic carboxylic acids is 1. The van der Waals surface area contributed by atoms with E-state index in [0.29, 0.717) is 0 Å². The molecule has 0 radical (unpaired) electrons. The number of likely N-dealkylation sites (tertiary alicyclic amines) is 1. The van der Waals surface area contributed by atoms with Crippen LogP contribution in [0.3, 0.4) is 0 Å². The van der Waals surface area contributed by atoms with Gasteiger partial charge in [-0.3, -0.25) is 24.1 Å². The molecule has 4 aliphatic rings. The van der Waals surface area contributed by atoms with Gasteiger partial charge in [0.1, 0.15) is 12.4 Å². The normalized spacial score (nSPS) is 35.3. The van der Waals surface area contributed by atoms with Crippen molar-refractivity contribution < 1.29 is 23.9 Å². The van der Waals surface area contributed by atoms with Crippen molar-refractivity contribution in [2.75, 3.05) is 6.54 Å². The van der Waals surface area contributed by atoms with Crippen LogP contribution < -0.4 is 4.87 Å². The van der Waals surface area contributed by atoms with Gasteiger partial charge in [0.2, 0.25) is 11.8 Å². The Hall–Kier alpha value is -2.46. The van der Waals surface area contributed by atoms with Gasteiger partial charge in [0, 0.05) is 16.0 Å². The number of aromatic nitrogens is 1. The molecule has 0 spiro atoms. The van der Waals surface area contributed by atoms with Crippen molar-refractivity contribution in [1.29, 1.82) is 0 Å². The third-order valence-corrected chi connectivity index (χ3v) is 9.93. The van der Waals surface area contributed by atoms with E-state index in [4.69, 9.17) is 5.11 Å². The highest BCUT2D eigenvalue weighted by Crippen LogP contribution is 2.68. The molecule has 7 nitrogen and oxygen atoms in total. The molecule has 2 aromatic rings. The first-order chi connectivity index (χ1) is 14.8. The number of H-pyrrole nitrogens is 1. The second kappa shape index (κ2) is 6.52. The van der Waals surface area contributed by atoms with Crippen LogP contribution in [0.25, 0.3) is 0 Å². The zero-order chi connectivity index (χ0) is 21.6. The van der Waals surface area contributed by atoms with Gasteiger partial charge in [-0.25, -0.2) is 4.39 Å². The number of thioether (sulfide) groups is 1. The van der Waals surface area contributed by atoms with Gasteiger partial charge < -0.3 is 10.1 Å². The number of rotatable bonds is 3. The molecule has 160 valence electrons. The number of carbonyl (C=O) groups is 3. The van der Waals surface area contributed by atoms with E-state index in [1.807, 2.05) is 0 Å². The SMILES string of the molecule is O=C(O)CN1C(=O)[C@@H]2[C@H]3C[C@@H]([C@@H]2C1=O)[C@@H]1[C@@H](c2ccc(F)cc2)c2sc(=O)[nH]c2S[C@@H]31. The first kappa shape index (κ1) is 19.2. The third-order valence-electron chi connectivity index (χ3n) is 7.34. The predicted octanol–water partition coefficient (Wildman–Crippen LogP) is 2.13. The van der Waals surface area contributed by atoms with Crippen molar-refractivity contribution in [3.63, 3.8) is 0 Å². The van der Waals surface area contributed by atoms with Gasteiger partial charge in [-0.15, -0.1) is 11.8 Å². The van der Waals surface area contributed by atoms with Crippen molar-refractivity contribution in [2.45, 2.75) is 22.6 Å². The summed E-state index contributed by atoms with van der Waals surface area (Å²) in [5.74, 6) is -3.62. The zero-order valence-electron chi connectivity index (χ0n) is 16.0. The number of hydrogen-bond acceptors (Lipinski definition) is 6. The molecule has 10 heteroatoms. The monoisotopic (exact) mass is 460 g/mol. The average Bonchev–Trinajstić information content (AvgIpc) is 3.44. The summed E-state index contributed by atoms with van der Waals surface area (Å²) in [4.78, 5) is 53.9. The summed E-state index contributed by atoms with van der Waals surface area (Å²) in [7, 11) is 0. The molecule has 31 heavy (non-hydrogen) atoms. The molecule has 2 aliphatic carbocycles. The van der Waals surface area contributed by atoms with E-state index in [9.17, 15) is 23.6 Å². The van der Waals surface area contributed by atoms with Crippen LogP contribution in [0.5, 0.6) is 0 Å². The van der Waals surface area contributed by atoms with Crippen LogP contribution in [0.1, 0.15) is 22.8 Å². The minimum Gasteiger partial charge on any atom is -0.480 e. The van der Waals surface area contributed by atoms with Gasteiger partial charge in [-0.2, -0.15) is 0 Å². The summed E-state index contributed by atoms with van der Waals surface area (Å²) < 4.78 is 13.6. The lowest BCUT2D eigenvalue weighted by molar-refractivity contribution is -0.149. The first-order valence-electron chi connectivity index (χ1n) is 10.1. The fourth-order valence-electron chi connectivity index (χ4n) is 6.41. The van der Waals surface area contributed by atoms with E-state index >= 15 is 0 Å². The van der Waals surface area contributed by atoms with Crippen LogP contribution >= 0.6 is 23.1 Å². The molecule has 0 unspecified atom stereocenters. The number of benzene rings is 1. The highest BCUT2D eigenvalue weighted by molar-refractivity contribution is 8.00. The molecule has 6 rings (SSSR count). The van der Waals surface area contributed by atoms with Gasteiger partial charge in [-0.05, 0) is 41.9 Å². The molecular weight excluding hydrogens is 443 g/mol. The third kappa shape index (κ3) is 2.57. The number of hydrogen-bond donors (Lipinski definition) is 2. The number of carbonyl (C=O) groups excluding carboxylic acids is 2. The number of thiazole rings is 1. The maximum atomic E-state index is 13.6. The first-order valence-corrected chi connectivity index (χ1v) is 11.8. The van der Waals surface area contributed by atoms with E-state index in [0.717, 1.165) is 38.1 Å². The van der Waals surface area contributed by atoms with Crippen molar-refractivity contribution in [1.82, 2.24) is 9.88 Å². The Morgan fingerprint density at radius 1 is 1.13 bits per heavy atom. The Labute approximate surface area is 183 Å². The summed E-state index contributed by atoms with van der Waals surface area (Å²) in [6, 6.07) is 6.25. The molecule has 2 aliphatic heterocycles. The molecule has 1 aromatic heterocycles. The maximum absolute atomic E-state index is 13.6. The fraction of sp³-hybridized carbons (Fsp3) is 0.429. The predicted molar refractivity (Wildman–Crippen MR) is 109 cm³/mol. The van der Waals surface area contributed by atoms with Gasteiger partial charge in [0.25, 0.3) is 0 Å². The summed E-state index contributed by atoms with van der Waals surface area (Å²) in [5, 5.41) is 9.96. The van der Waals surface area contributed by atoms with E-state index in [2.05, 4.69) is 4.98 Å². The molecule has 1 saturated heterocycles. The molecular formula is C21H17FN2O5S2. The molecule has 7 atom stereocenters. The van der Waals surface area contributed by atoms with Crippen molar-refractivity contribution in [3.8, 4) is 0 Å². The summed E-state index contributed by atoms with van der Waals surface area (Å²) in [5.41, 5.74) is 0.886. The number of nitrogens with one attached hydrogen (secondary N) is 1. The number of halogens is 1. The lowest BCUT2D eigenvalue weighted by atomic mass is 9.68.